The van der Waals surface area contributed by atoms with Crippen LogP contribution in [0.25, 0.3) is 6.08 Å². The van der Waals surface area contributed by atoms with Gasteiger partial charge in [-0.05, 0) is 195 Å². The fourth-order valence-corrected chi connectivity index (χ4v) is 21.1. The molecule has 3 aliphatic carbocycles. The van der Waals surface area contributed by atoms with Gasteiger partial charge >= 0.3 is 0 Å². The van der Waals surface area contributed by atoms with Crippen LogP contribution in [0.5, 0.6) is 0 Å². The van der Waals surface area contributed by atoms with E-state index in [0.717, 1.165) is 101 Å². The number of nitrogens with two attached hydrogens (primary N) is 3. The zero-order valence-corrected chi connectivity index (χ0v) is 74.5. The number of nitrogens with one attached hydrogen (secondary N) is 3. The minimum atomic E-state index is -4.36. The largest absolute Gasteiger partial charge is 0.390 e. The van der Waals surface area contributed by atoms with Crippen molar-refractivity contribution in [3.05, 3.63) is 129 Å². The number of rotatable bonds is 20. The van der Waals surface area contributed by atoms with Gasteiger partial charge in [-0.1, -0.05) is 152 Å². The van der Waals surface area contributed by atoms with Crippen LogP contribution in [0.2, 0.25) is 0 Å². The number of carbonyl (C=O) groups is 3. The van der Waals surface area contributed by atoms with E-state index in [1.54, 1.807) is 0 Å². The van der Waals surface area contributed by atoms with Crippen LogP contribution in [0.3, 0.4) is 0 Å². The van der Waals surface area contributed by atoms with Crippen LogP contribution in [0.15, 0.2) is 94.0 Å². The molecule has 6 aliphatic rings. The Labute approximate surface area is 711 Å². The number of anilines is 6. The molecule has 0 bridgehead atoms. The van der Waals surface area contributed by atoms with E-state index in [0.29, 0.717) is 76.7 Å². The monoisotopic (exact) mass is 1700 g/mol. The highest BCUT2D eigenvalue weighted by Crippen LogP contribution is 2.47. The second-order valence-corrected chi connectivity index (χ2v) is 43.6. The van der Waals surface area contributed by atoms with Crippen LogP contribution in [0.1, 0.15) is 311 Å². The number of carbonyl (C=O) groups excluding carboxylic acids is 3. The fourth-order valence-electron chi connectivity index (χ4n) is 18.2. The fraction of sp³-hybridized carbons (Fsp3) is 0.598. The number of sulfonamides is 3. The van der Waals surface area contributed by atoms with E-state index in [1.807, 2.05) is 57.4 Å². The first kappa shape index (κ1) is 91.8. The topological polar surface area (TPSA) is 436 Å². The third kappa shape index (κ3) is 21.3. The molecule has 6 aromatic heterocycles. The molecule has 4 unspecified atom stereocenters. The summed E-state index contributed by atoms with van der Waals surface area (Å²) in [5.41, 5.74) is 18.5. The van der Waals surface area contributed by atoms with Crippen molar-refractivity contribution in [3.8, 4) is 0 Å². The smallest absolute Gasteiger partial charge is 0.281 e. The highest BCUT2D eigenvalue weighted by atomic mass is 32.2. The van der Waals surface area contributed by atoms with Crippen molar-refractivity contribution < 1.29 is 72.9 Å². The summed E-state index contributed by atoms with van der Waals surface area (Å²) in [6.07, 6.45) is 14.3. The molecule has 6 fully saturated rings. The average molecular weight is 1710 g/mol. The lowest BCUT2D eigenvalue weighted by atomic mass is 9.82. The predicted molar refractivity (Wildman–Crippen MR) is 480 cm³/mol. The zero-order chi connectivity index (χ0) is 87.1. The normalized spacial score (nSPS) is 21.1. The molecule has 3 amide bonds. The number of allylic oxidation sites excluding steroid dienone is 1. The number of amides is 3. The molecule has 0 aromatic carbocycles. The van der Waals surface area contributed by atoms with Crippen molar-refractivity contribution in [2.75, 3.05) is 51.5 Å². The maximum absolute atomic E-state index is 13.8. The molecule has 3 aliphatic heterocycles. The van der Waals surface area contributed by atoms with Crippen molar-refractivity contribution in [3.63, 3.8) is 0 Å². The number of hydrogen-bond acceptors (Lipinski definition) is 25. The van der Waals surface area contributed by atoms with Crippen molar-refractivity contribution in [1.82, 2.24) is 44.1 Å². The number of nitrogen functional groups attached to an aromatic ring is 3. The standard InChI is InChI=1S/2C29H43N5O5S.C29H41N5O3S.9H2/c2*1-17-15-29(5,6)34(16-17)26-20(27(37)33-40(38,39)22-13-9-12-21(30)31-22)14-19(25(32-26)28(2,3)4)24(36)23(35)18-10-7-8-11-18;1-19-17-29(5,6)34(18-19)26-22(27(35)33-38(36,37)24-13-9-12-23(30)31-24)16-21(25(32-26)28(2,3)4)15-14-20-10-7-8-11-20;;;;;;;;;/h2*9,12-14,17-18,23-24,35-36H,7-8,10-11,15-16H2,1-6H3,(H2,30,31)(H,33,37);9,12-16,19-20H,7-8,10-11,17-18H2,1-6H3,(H2,30,31)(H,33,35);9*1H/b;;15-14+;;;;;;;;;/t2*17-,23?,24?;19-;;;;;;;;;/m000........./s1. The van der Waals surface area contributed by atoms with E-state index in [2.05, 4.69) is 129 Å². The Bertz CT molecular complexity index is 4900. The Morgan fingerprint density at radius 1 is 0.449 bits per heavy atom. The lowest BCUT2D eigenvalue weighted by Gasteiger charge is -2.36. The first-order chi connectivity index (χ1) is 54.7. The molecule has 6 aromatic rings. The maximum Gasteiger partial charge on any atom is 0.281 e. The third-order valence-corrected chi connectivity index (χ3v) is 27.4. The Hall–Kier alpha value is -8.46. The Morgan fingerprint density at radius 2 is 0.729 bits per heavy atom. The van der Waals surface area contributed by atoms with E-state index in [-0.39, 0.29) is 95.9 Å². The van der Waals surface area contributed by atoms with Gasteiger partial charge in [0, 0.05) is 76.5 Å². The van der Waals surface area contributed by atoms with E-state index < -0.39 is 83.0 Å². The van der Waals surface area contributed by atoms with Crippen molar-refractivity contribution in [2.24, 2.45) is 35.5 Å². The number of aromatic nitrogens is 6. The van der Waals surface area contributed by atoms with E-state index in [9.17, 15) is 60.1 Å². The number of aliphatic hydroxyl groups excluding tert-OH is 4. The van der Waals surface area contributed by atoms with Gasteiger partial charge in [0.15, 0.2) is 15.1 Å². The summed E-state index contributed by atoms with van der Waals surface area (Å²) in [7, 11) is -13.0. The molecule has 13 N–H and O–H groups in total. The van der Waals surface area contributed by atoms with Crippen LogP contribution in [-0.2, 0) is 46.3 Å². The summed E-state index contributed by atoms with van der Waals surface area (Å²) < 4.78 is 85.2. The Kier molecular flexibility index (Phi) is 27.5. The molecule has 9 heterocycles. The molecule has 12 rings (SSSR count). The molecule has 7 atom stereocenters. The molecule has 0 spiro atoms. The molecule has 3 saturated carbocycles. The molecule has 28 nitrogen and oxygen atoms in total. The molecular weight excluding hydrogens is 1560 g/mol. The summed E-state index contributed by atoms with van der Waals surface area (Å²) >= 11 is 0. The maximum atomic E-state index is 13.8. The Morgan fingerprint density at radius 3 is 1.00 bits per heavy atom. The van der Waals surface area contributed by atoms with E-state index in [4.69, 9.17) is 32.2 Å². The summed E-state index contributed by atoms with van der Waals surface area (Å²) in [6, 6.07) is 17.4. The summed E-state index contributed by atoms with van der Waals surface area (Å²) in [6.45, 7) is 39.1. The molecule has 118 heavy (non-hydrogen) atoms. The highest BCUT2D eigenvalue weighted by molar-refractivity contribution is 7.90. The first-order valence-corrected chi connectivity index (χ1v) is 45.9. The van der Waals surface area contributed by atoms with Gasteiger partial charge in [0.05, 0.1) is 46.0 Å². The molecule has 31 heteroatoms. The minimum Gasteiger partial charge on any atom is -0.390 e. The lowest BCUT2D eigenvalue weighted by Crippen LogP contribution is -2.42. The van der Waals surface area contributed by atoms with Crippen LogP contribution >= 0.6 is 0 Å². The molecule has 3 saturated heterocycles. The Balaban J connectivity index is 0.000000920. The second-order valence-electron chi connectivity index (χ2n) is 38.7. The molecular formula is C87H145N15O13S3. The number of nitrogens with zero attached hydrogens (tertiary/aromatic N) is 9. The minimum absolute atomic E-state index is 0. The van der Waals surface area contributed by atoms with Gasteiger partial charge in [0.1, 0.15) is 47.1 Å². The number of hydrogen-bond donors (Lipinski definition) is 10. The lowest BCUT2D eigenvalue weighted by molar-refractivity contribution is -0.0181. The molecule has 0 radical (unpaired) electrons. The van der Waals surface area contributed by atoms with Crippen LogP contribution in [-0.4, -0.2) is 142 Å². The quantitative estimate of drug-likeness (QED) is 0.0339. The van der Waals surface area contributed by atoms with E-state index >= 15 is 0 Å². The zero-order valence-electron chi connectivity index (χ0n) is 72.0. The van der Waals surface area contributed by atoms with Gasteiger partial charge in [-0.25, -0.2) is 44.1 Å². The highest BCUT2D eigenvalue weighted by Gasteiger charge is 2.46. The first-order valence-electron chi connectivity index (χ1n) is 41.5. The number of pyridine rings is 6. The van der Waals surface area contributed by atoms with Gasteiger partial charge in [-0.2, -0.15) is 25.3 Å². The van der Waals surface area contributed by atoms with Gasteiger partial charge in [0.25, 0.3) is 47.8 Å². The number of aliphatic hydroxyl groups is 4. The van der Waals surface area contributed by atoms with Crippen LogP contribution < -0.4 is 46.1 Å². The average Bonchev–Trinajstić information content (AvgIpc) is 1.70. The predicted octanol–water partition coefficient (Wildman–Crippen LogP) is 14.9. The summed E-state index contributed by atoms with van der Waals surface area (Å²) in [4.78, 5) is 74.2. The third-order valence-electron chi connectivity index (χ3n) is 23.7. The van der Waals surface area contributed by atoms with Gasteiger partial charge in [0.2, 0.25) is 0 Å². The van der Waals surface area contributed by atoms with Crippen molar-refractivity contribution >= 4 is 88.8 Å². The SMILES string of the molecule is C[C@@H]1CN(c2nc(C(C)(C)C)c(/C=C/C3CCCC3)cc2C(=O)NS(=O)(=O)c2cccc(N)n2)C(C)(C)C1.C[C@@H]1CN(c2nc(C(C)(C)C)c(C(O)C(O)C3CCCC3)cc2C(=O)NS(=O)(=O)c2cccc(N)n2)C(C)(C)C1.C[C@@H]1CN(c2nc(C(C)(C)C)c(C(O)C(O)C3CCCC3)cc2C(=O)NS(=O)(=O)c2cccc(N)n2)C(C)(C)C1.[HH].[HH].[HH].[HH].[HH].[HH].[HH].[HH].[HH]. The second kappa shape index (κ2) is 35.3. The van der Waals surface area contributed by atoms with Gasteiger partial charge in [-0.3, -0.25) is 14.4 Å². The van der Waals surface area contributed by atoms with Crippen LogP contribution in [0.4, 0.5) is 34.9 Å². The van der Waals surface area contributed by atoms with Gasteiger partial charge in [-0.15, -0.1) is 0 Å². The van der Waals surface area contributed by atoms with Crippen LogP contribution in [0, 0.1) is 35.5 Å². The van der Waals surface area contributed by atoms with Gasteiger partial charge < -0.3 is 52.3 Å². The van der Waals surface area contributed by atoms with Crippen molar-refractivity contribution in [1.29, 1.82) is 0 Å². The van der Waals surface area contributed by atoms with Crippen molar-refractivity contribution in [2.45, 2.75) is 293 Å². The molecule has 664 valence electrons. The summed E-state index contributed by atoms with van der Waals surface area (Å²) in [5, 5.41) is 44.2. The summed E-state index contributed by atoms with van der Waals surface area (Å²) in [5.74, 6) is 0.175. The van der Waals surface area contributed by atoms with E-state index in [1.165, 1.54) is 79.6 Å².